The molecule has 0 bridgehead atoms. The zero-order chi connectivity index (χ0) is 21.3. The van der Waals surface area contributed by atoms with Crippen LogP contribution in [0.25, 0.3) is 0 Å². The summed E-state index contributed by atoms with van der Waals surface area (Å²) in [4.78, 5) is 20.8. The van der Waals surface area contributed by atoms with Gasteiger partial charge in [0.1, 0.15) is 0 Å². The van der Waals surface area contributed by atoms with E-state index < -0.39 is 0 Å². The van der Waals surface area contributed by atoms with E-state index in [1.165, 1.54) is 30.4 Å². The van der Waals surface area contributed by atoms with Gasteiger partial charge in [-0.05, 0) is 30.4 Å². The Labute approximate surface area is 180 Å². The number of benzene rings is 1. The number of aliphatic hydroxyl groups excluding tert-OH is 1. The first-order chi connectivity index (χ1) is 14.5. The van der Waals surface area contributed by atoms with Gasteiger partial charge in [-0.1, -0.05) is 43.5 Å². The molecule has 2 aliphatic rings. The summed E-state index contributed by atoms with van der Waals surface area (Å²) in [5, 5.41) is 16.6. The zero-order valence-electron chi connectivity index (χ0n) is 18.4. The van der Waals surface area contributed by atoms with Crippen LogP contribution < -0.4 is 10.6 Å². The third kappa shape index (κ3) is 6.99. The van der Waals surface area contributed by atoms with Gasteiger partial charge in [-0.25, -0.2) is 4.99 Å². The van der Waals surface area contributed by atoms with Crippen LogP contribution in [-0.2, 0) is 17.9 Å². The van der Waals surface area contributed by atoms with Crippen LogP contribution in [0.15, 0.2) is 29.3 Å². The van der Waals surface area contributed by atoms with Crippen molar-refractivity contribution in [3.8, 4) is 0 Å². The first-order valence-corrected chi connectivity index (χ1v) is 11.2. The third-order valence-corrected chi connectivity index (χ3v) is 6.02. The second-order valence-electron chi connectivity index (χ2n) is 8.73. The largest absolute Gasteiger partial charge is 0.392 e. The lowest BCUT2D eigenvalue weighted by Gasteiger charge is -2.25. The smallest absolute Gasteiger partial charge is 0.241 e. The van der Waals surface area contributed by atoms with Crippen LogP contribution in [0.4, 0.5) is 0 Å². The highest BCUT2D eigenvalue weighted by Gasteiger charge is 2.21. The Morgan fingerprint density at radius 1 is 1.17 bits per heavy atom. The fourth-order valence-corrected chi connectivity index (χ4v) is 4.14. The van der Waals surface area contributed by atoms with Gasteiger partial charge < -0.3 is 20.6 Å². The maximum absolute atomic E-state index is 12.0. The molecule has 1 aliphatic carbocycles. The highest BCUT2D eigenvalue weighted by atomic mass is 16.3. The number of β-amino-alcohol motifs (C(OH)–C–C–N with tert-alkyl or cyclic N) is 1. The number of nitrogens with one attached hydrogen (secondary N) is 2. The highest BCUT2D eigenvalue weighted by molar-refractivity contribution is 5.86. The number of guanidine groups is 1. The van der Waals surface area contributed by atoms with Crippen molar-refractivity contribution in [3.05, 3.63) is 35.4 Å². The molecule has 7 heteroatoms. The number of nitrogens with zero attached hydrogens (tertiary/aromatic N) is 3. The molecular weight excluding hydrogens is 378 g/mol. The molecule has 166 valence electrons. The molecule has 1 saturated heterocycles. The minimum absolute atomic E-state index is 0.0288. The molecule has 1 heterocycles. The van der Waals surface area contributed by atoms with Gasteiger partial charge >= 0.3 is 0 Å². The molecule has 3 N–H and O–H groups in total. The number of aliphatic imine (C=N–C) groups is 1. The van der Waals surface area contributed by atoms with Crippen LogP contribution >= 0.6 is 0 Å². The Balaban J connectivity index is 1.66. The predicted molar refractivity (Wildman–Crippen MR) is 120 cm³/mol. The number of rotatable bonds is 7. The van der Waals surface area contributed by atoms with E-state index in [1.54, 1.807) is 19.0 Å². The number of amides is 1. The van der Waals surface area contributed by atoms with E-state index in [4.69, 9.17) is 4.99 Å². The SMILES string of the molecule is CN(C)C(=O)CNC(=NCc1ccccc1CN1CCC(O)C1)NC1CCCCC1. The maximum atomic E-state index is 12.0. The summed E-state index contributed by atoms with van der Waals surface area (Å²) in [6, 6.07) is 8.79. The summed E-state index contributed by atoms with van der Waals surface area (Å²) in [5.41, 5.74) is 2.43. The number of carbonyl (C=O) groups is 1. The molecule has 1 aromatic rings. The van der Waals surface area contributed by atoms with Crippen molar-refractivity contribution in [1.29, 1.82) is 0 Å². The van der Waals surface area contributed by atoms with Crippen LogP contribution in [0.3, 0.4) is 0 Å². The van der Waals surface area contributed by atoms with Crippen LogP contribution in [0.5, 0.6) is 0 Å². The van der Waals surface area contributed by atoms with Crippen molar-refractivity contribution in [2.45, 2.75) is 63.8 Å². The van der Waals surface area contributed by atoms with Crippen molar-refractivity contribution in [3.63, 3.8) is 0 Å². The second kappa shape index (κ2) is 11.3. The lowest BCUT2D eigenvalue weighted by molar-refractivity contribution is -0.127. The van der Waals surface area contributed by atoms with E-state index in [2.05, 4.69) is 33.7 Å². The van der Waals surface area contributed by atoms with E-state index in [0.29, 0.717) is 18.5 Å². The fourth-order valence-electron chi connectivity index (χ4n) is 4.14. The maximum Gasteiger partial charge on any atom is 0.241 e. The summed E-state index contributed by atoms with van der Waals surface area (Å²) in [7, 11) is 3.53. The Morgan fingerprint density at radius 2 is 1.90 bits per heavy atom. The first kappa shape index (κ1) is 22.6. The number of hydrogen-bond donors (Lipinski definition) is 3. The molecular formula is C23H37N5O2. The molecule has 0 aromatic heterocycles. The third-order valence-electron chi connectivity index (χ3n) is 6.02. The van der Waals surface area contributed by atoms with E-state index in [9.17, 15) is 9.90 Å². The molecule has 1 aromatic carbocycles. The molecule has 1 saturated carbocycles. The molecule has 1 atom stereocenters. The Hall–Kier alpha value is -2.12. The summed E-state index contributed by atoms with van der Waals surface area (Å²) in [5.74, 6) is 0.740. The molecule has 0 radical (unpaired) electrons. The van der Waals surface area contributed by atoms with Gasteiger partial charge in [0.2, 0.25) is 5.91 Å². The average Bonchev–Trinajstić information content (AvgIpc) is 3.16. The summed E-state index contributed by atoms with van der Waals surface area (Å²) in [6.45, 7) is 3.30. The molecule has 2 fully saturated rings. The Bertz CT molecular complexity index is 715. The number of likely N-dealkylation sites (tertiary alicyclic amines) is 1. The topological polar surface area (TPSA) is 80.2 Å². The van der Waals surface area contributed by atoms with Crippen molar-refractivity contribution in [2.75, 3.05) is 33.7 Å². The lowest BCUT2D eigenvalue weighted by atomic mass is 9.96. The molecule has 7 nitrogen and oxygen atoms in total. The van der Waals surface area contributed by atoms with Crippen LogP contribution in [0.1, 0.15) is 49.7 Å². The standard InChI is InChI=1S/C23H37N5O2/c1-27(2)22(30)15-25-23(26-20-10-4-3-5-11-20)24-14-18-8-6-7-9-19(18)16-28-13-12-21(29)17-28/h6-9,20-21,29H,3-5,10-17H2,1-2H3,(H2,24,25,26). The summed E-state index contributed by atoms with van der Waals surface area (Å²) < 4.78 is 0. The van der Waals surface area contributed by atoms with Gasteiger partial charge in [-0.3, -0.25) is 9.69 Å². The summed E-state index contributed by atoms with van der Waals surface area (Å²) in [6.07, 6.45) is 6.72. The zero-order valence-corrected chi connectivity index (χ0v) is 18.4. The highest BCUT2D eigenvalue weighted by Crippen LogP contribution is 2.18. The van der Waals surface area contributed by atoms with Crippen LogP contribution in [0.2, 0.25) is 0 Å². The number of hydrogen-bond acceptors (Lipinski definition) is 4. The van der Waals surface area contributed by atoms with Gasteiger partial charge in [0.25, 0.3) is 0 Å². The number of aliphatic hydroxyl groups is 1. The molecule has 1 unspecified atom stereocenters. The van der Waals surface area contributed by atoms with Crippen molar-refractivity contribution in [1.82, 2.24) is 20.4 Å². The van der Waals surface area contributed by atoms with Gasteiger partial charge in [-0.15, -0.1) is 0 Å². The van der Waals surface area contributed by atoms with Crippen molar-refractivity contribution in [2.24, 2.45) is 4.99 Å². The number of carbonyl (C=O) groups excluding carboxylic acids is 1. The van der Waals surface area contributed by atoms with Crippen molar-refractivity contribution < 1.29 is 9.90 Å². The lowest BCUT2D eigenvalue weighted by Crippen LogP contribution is -2.47. The monoisotopic (exact) mass is 415 g/mol. The quantitative estimate of drug-likeness (QED) is 0.467. The van der Waals surface area contributed by atoms with E-state index in [1.807, 2.05) is 6.07 Å². The second-order valence-corrected chi connectivity index (χ2v) is 8.73. The van der Waals surface area contributed by atoms with E-state index in [-0.39, 0.29) is 18.6 Å². The predicted octanol–water partition coefficient (Wildman–Crippen LogP) is 1.71. The van der Waals surface area contributed by atoms with E-state index in [0.717, 1.165) is 38.9 Å². The van der Waals surface area contributed by atoms with Crippen LogP contribution in [-0.4, -0.2) is 72.6 Å². The molecule has 0 spiro atoms. The first-order valence-electron chi connectivity index (χ1n) is 11.2. The number of likely N-dealkylation sites (N-methyl/N-ethyl adjacent to an activating group) is 1. The van der Waals surface area contributed by atoms with Gasteiger partial charge in [-0.2, -0.15) is 0 Å². The minimum Gasteiger partial charge on any atom is -0.392 e. The molecule has 1 aliphatic heterocycles. The average molecular weight is 416 g/mol. The van der Waals surface area contributed by atoms with E-state index >= 15 is 0 Å². The Morgan fingerprint density at radius 3 is 2.57 bits per heavy atom. The van der Waals surface area contributed by atoms with Gasteiger partial charge in [0.05, 0.1) is 19.2 Å². The van der Waals surface area contributed by atoms with Crippen molar-refractivity contribution >= 4 is 11.9 Å². The van der Waals surface area contributed by atoms with Gasteiger partial charge in [0, 0.05) is 39.8 Å². The molecule has 1 amide bonds. The molecule has 30 heavy (non-hydrogen) atoms. The van der Waals surface area contributed by atoms with Crippen LogP contribution in [0, 0.1) is 0 Å². The fraction of sp³-hybridized carbons (Fsp3) is 0.652. The minimum atomic E-state index is -0.208. The summed E-state index contributed by atoms with van der Waals surface area (Å²) >= 11 is 0. The Kier molecular flexibility index (Phi) is 8.51. The van der Waals surface area contributed by atoms with Gasteiger partial charge in [0.15, 0.2) is 5.96 Å². The normalized spacial score (nSPS) is 20.9. The molecule has 3 rings (SSSR count).